The zero-order valence-electron chi connectivity index (χ0n) is 8.71. The normalized spacial score (nSPS) is 15.0. The molecule has 0 fully saturated rings. The van der Waals surface area contributed by atoms with Crippen LogP contribution in [0.15, 0.2) is 11.4 Å². The summed E-state index contributed by atoms with van der Waals surface area (Å²) < 4.78 is 0. The van der Waals surface area contributed by atoms with Crippen molar-refractivity contribution < 1.29 is 0 Å². The third-order valence-electron chi connectivity index (χ3n) is 2.60. The van der Waals surface area contributed by atoms with Gasteiger partial charge in [0.25, 0.3) is 0 Å². The fourth-order valence-corrected chi connectivity index (χ4v) is 3.13. The minimum atomic E-state index is 0.736. The van der Waals surface area contributed by atoms with Gasteiger partial charge in [0.15, 0.2) is 0 Å². The highest BCUT2D eigenvalue weighted by Crippen LogP contribution is 2.28. The van der Waals surface area contributed by atoms with Crippen molar-refractivity contribution in [1.82, 2.24) is 9.97 Å². The fraction of sp³-hybridized carbons (Fsp3) is 0.636. The molecule has 0 atom stereocenters. The molecule has 15 heavy (non-hydrogen) atoms. The molecule has 0 saturated heterocycles. The Balaban J connectivity index is 2.09. The van der Waals surface area contributed by atoms with Crippen molar-refractivity contribution in [2.45, 2.75) is 37.1 Å². The molecule has 1 aliphatic rings. The van der Waals surface area contributed by atoms with E-state index >= 15 is 0 Å². The van der Waals surface area contributed by atoms with Crippen LogP contribution >= 0.6 is 23.4 Å². The summed E-state index contributed by atoms with van der Waals surface area (Å²) in [5.41, 5.74) is 2.66. The van der Waals surface area contributed by atoms with Crippen LogP contribution < -0.4 is 0 Å². The average Bonchev–Trinajstić information content (AvgIpc) is 2.30. The van der Waals surface area contributed by atoms with Crippen LogP contribution in [0.4, 0.5) is 0 Å². The van der Waals surface area contributed by atoms with E-state index in [1.54, 1.807) is 6.33 Å². The van der Waals surface area contributed by atoms with E-state index in [1.807, 2.05) is 11.8 Å². The third-order valence-corrected chi connectivity index (χ3v) is 3.99. The molecule has 0 N–H and O–H groups in total. The number of hydrogen-bond donors (Lipinski definition) is 0. The molecule has 0 aliphatic heterocycles. The number of alkyl halides is 1. The van der Waals surface area contributed by atoms with Gasteiger partial charge < -0.3 is 0 Å². The highest BCUT2D eigenvalue weighted by atomic mass is 35.5. The molecule has 4 heteroatoms. The standard InChI is InChI=1S/C11H15ClN2S/c12-6-3-7-15-11-9-4-1-2-5-10(9)13-8-14-11/h8H,1-7H2. The van der Waals surface area contributed by atoms with E-state index in [1.165, 1.54) is 29.1 Å². The summed E-state index contributed by atoms with van der Waals surface area (Å²) >= 11 is 7.49. The summed E-state index contributed by atoms with van der Waals surface area (Å²) in [6, 6.07) is 0. The maximum atomic E-state index is 5.67. The molecular formula is C11H15ClN2S. The molecule has 1 heterocycles. The molecule has 0 saturated carbocycles. The van der Waals surface area contributed by atoms with Crippen molar-refractivity contribution >= 4 is 23.4 Å². The fourth-order valence-electron chi connectivity index (χ4n) is 1.84. The van der Waals surface area contributed by atoms with Crippen LogP contribution in [0.2, 0.25) is 0 Å². The molecule has 0 aromatic carbocycles. The summed E-state index contributed by atoms with van der Waals surface area (Å²) in [5.74, 6) is 1.80. The first-order valence-electron chi connectivity index (χ1n) is 5.43. The summed E-state index contributed by atoms with van der Waals surface area (Å²) in [6.45, 7) is 0. The van der Waals surface area contributed by atoms with Crippen molar-refractivity contribution in [2.24, 2.45) is 0 Å². The zero-order valence-corrected chi connectivity index (χ0v) is 10.3. The number of nitrogens with zero attached hydrogens (tertiary/aromatic N) is 2. The molecule has 2 nitrogen and oxygen atoms in total. The summed E-state index contributed by atoms with van der Waals surface area (Å²) in [6.07, 6.45) is 7.58. The topological polar surface area (TPSA) is 25.8 Å². The van der Waals surface area contributed by atoms with Gasteiger partial charge in [-0.05, 0) is 32.1 Å². The molecule has 0 amide bonds. The van der Waals surface area contributed by atoms with E-state index in [0.29, 0.717) is 0 Å². The van der Waals surface area contributed by atoms with Crippen LogP contribution in [-0.4, -0.2) is 21.6 Å². The van der Waals surface area contributed by atoms with Crippen LogP contribution in [0.5, 0.6) is 0 Å². The number of aromatic nitrogens is 2. The van der Waals surface area contributed by atoms with Crippen molar-refractivity contribution in [1.29, 1.82) is 0 Å². The maximum absolute atomic E-state index is 5.67. The number of halogens is 1. The predicted molar refractivity (Wildman–Crippen MR) is 64.7 cm³/mol. The number of thioether (sulfide) groups is 1. The molecule has 1 aromatic rings. The second kappa shape index (κ2) is 5.71. The molecule has 1 aliphatic carbocycles. The van der Waals surface area contributed by atoms with E-state index in [0.717, 1.165) is 30.9 Å². The Labute approximate surface area is 99.8 Å². The Morgan fingerprint density at radius 1 is 1.27 bits per heavy atom. The smallest absolute Gasteiger partial charge is 0.116 e. The largest absolute Gasteiger partial charge is 0.241 e. The van der Waals surface area contributed by atoms with Gasteiger partial charge in [-0.1, -0.05) is 0 Å². The van der Waals surface area contributed by atoms with Gasteiger partial charge in [0.1, 0.15) is 11.4 Å². The van der Waals surface area contributed by atoms with Gasteiger partial charge in [-0.2, -0.15) is 0 Å². The molecule has 0 radical (unpaired) electrons. The Kier molecular flexibility index (Phi) is 4.27. The lowest BCUT2D eigenvalue weighted by atomic mass is 9.98. The van der Waals surface area contributed by atoms with Gasteiger partial charge >= 0.3 is 0 Å². The summed E-state index contributed by atoms with van der Waals surface area (Å²) in [7, 11) is 0. The minimum Gasteiger partial charge on any atom is -0.241 e. The van der Waals surface area contributed by atoms with Crippen LogP contribution in [-0.2, 0) is 12.8 Å². The van der Waals surface area contributed by atoms with E-state index in [9.17, 15) is 0 Å². The molecule has 0 bridgehead atoms. The van der Waals surface area contributed by atoms with Gasteiger partial charge in [0.05, 0.1) is 0 Å². The van der Waals surface area contributed by atoms with Crippen LogP contribution in [0.25, 0.3) is 0 Å². The van der Waals surface area contributed by atoms with E-state index < -0.39 is 0 Å². The number of aryl methyl sites for hydroxylation is 1. The lowest BCUT2D eigenvalue weighted by molar-refractivity contribution is 0.645. The van der Waals surface area contributed by atoms with Crippen LogP contribution in [0, 0.1) is 0 Å². The first kappa shape index (κ1) is 11.2. The van der Waals surface area contributed by atoms with Crippen LogP contribution in [0.3, 0.4) is 0 Å². The van der Waals surface area contributed by atoms with Crippen molar-refractivity contribution in [3.05, 3.63) is 17.6 Å². The van der Waals surface area contributed by atoms with Crippen LogP contribution in [0.1, 0.15) is 30.5 Å². The Bertz CT molecular complexity index is 330. The Hall–Kier alpha value is -0.280. The molecule has 2 rings (SSSR count). The quantitative estimate of drug-likeness (QED) is 0.351. The molecule has 0 spiro atoms. The van der Waals surface area contributed by atoms with Gasteiger partial charge in [-0.3, -0.25) is 0 Å². The third kappa shape index (κ3) is 2.85. The maximum Gasteiger partial charge on any atom is 0.116 e. The SMILES string of the molecule is ClCCCSc1ncnc2c1CCCC2. The van der Waals surface area contributed by atoms with Crippen molar-refractivity contribution in [3.63, 3.8) is 0 Å². The lowest BCUT2D eigenvalue weighted by Crippen LogP contribution is -2.08. The summed E-state index contributed by atoms with van der Waals surface area (Å²) in [4.78, 5) is 8.73. The second-order valence-electron chi connectivity index (χ2n) is 3.70. The molecule has 0 unspecified atom stereocenters. The summed E-state index contributed by atoms with van der Waals surface area (Å²) in [5, 5.41) is 1.19. The average molecular weight is 243 g/mol. The van der Waals surface area contributed by atoms with Gasteiger partial charge in [0.2, 0.25) is 0 Å². The predicted octanol–water partition coefficient (Wildman–Crippen LogP) is 3.08. The van der Waals surface area contributed by atoms with Crippen molar-refractivity contribution in [2.75, 3.05) is 11.6 Å². The molecule has 1 aromatic heterocycles. The highest BCUT2D eigenvalue weighted by molar-refractivity contribution is 7.99. The lowest BCUT2D eigenvalue weighted by Gasteiger charge is -2.16. The number of rotatable bonds is 4. The van der Waals surface area contributed by atoms with E-state index in [4.69, 9.17) is 11.6 Å². The first-order valence-corrected chi connectivity index (χ1v) is 6.95. The Morgan fingerprint density at radius 2 is 2.13 bits per heavy atom. The first-order chi connectivity index (χ1) is 7.42. The highest BCUT2D eigenvalue weighted by Gasteiger charge is 2.15. The zero-order chi connectivity index (χ0) is 10.5. The number of fused-ring (bicyclic) bond motifs is 1. The van der Waals surface area contributed by atoms with Gasteiger partial charge in [-0.15, -0.1) is 23.4 Å². The monoisotopic (exact) mass is 242 g/mol. The van der Waals surface area contributed by atoms with E-state index in [-0.39, 0.29) is 0 Å². The molecule has 82 valence electrons. The Morgan fingerprint density at radius 3 is 3.00 bits per heavy atom. The second-order valence-corrected chi connectivity index (χ2v) is 5.16. The minimum absolute atomic E-state index is 0.736. The number of hydrogen-bond acceptors (Lipinski definition) is 3. The van der Waals surface area contributed by atoms with Gasteiger partial charge in [-0.25, -0.2) is 9.97 Å². The van der Waals surface area contributed by atoms with E-state index in [2.05, 4.69) is 9.97 Å². The molecular weight excluding hydrogens is 228 g/mol. The van der Waals surface area contributed by atoms with Gasteiger partial charge in [0, 0.05) is 22.9 Å². The van der Waals surface area contributed by atoms with Crippen molar-refractivity contribution in [3.8, 4) is 0 Å².